The fourth-order valence-corrected chi connectivity index (χ4v) is 1.67. The molecule has 7 nitrogen and oxygen atoms in total. The number of hydrogen-bond donors (Lipinski definition) is 1. The molecule has 0 saturated heterocycles. The van der Waals surface area contributed by atoms with Gasteiger partial charge < -0.3 is 10.0 Å². The lowest BCUT2D eigenvalue weighted by atomic mass is 10.1. The Kier molecular flexibility index (Phi) is 4.31. The largest absolute Gasteiger partial charge is 0.389 e. The lowest BCUT2D eigenvalue weighted by Crippen LogP contribution is -2.44. The van der Waals surface area contributed by atoms with Gasteiger partial charge in [-0.3, -0.25) is 18.7 Å². The number of amides is 1. The zero-order valence-electron chi connectivity index (χ0n) is 11.6. The highest BCUT2D eigenvalue weighted by atomic mass is 16.3. The van der Waals surface area contributed by atoms with Gasteiger partial charge in [-0.25, -0.2) is 4.79 Å². The van der Waals surface area contributed by atoms with Crippen LogP contribution >= 0.6 is 0 Å². The summed E-state index contributed by atoms with van der Waals surface area (Å²) in [5, 5.41) is 9.63. The smallest absolute Gasteiger partial charge is 0.331 e. The van der Waals surface area contributed by atoms with E-state index in [0.717, 1.165) is 9.13 Å². The third kappa shape index (κ3) is 4.06. The first-order chi connectivity index (χ1) is 8.61. The minimum atomic E-state index is -1.00. The third-order valence-electron chi connectivity index (χ3n) is 2.62. The molecule has 1 amide bonds. The normalized spacial score (nSPS) is 11.4. The molecule has 0 bridgehead atoms. The Morgan fingerprint density at radius 2 is 2.00 bits per heavy atom. The van der Waals surface area contributed by atoms with Gasteiger partial charge in [-0.15, -0.1) is 0 Å². The number of aromatic nitrogens is 2. The summed E-state index contributed by atoms with van der Waals surface area (Å²) in [5.41, 5.74) is -1.96. The summed E-state index contributed by atoms with van der Waals surface area (Å²) in [6, 6.07) is 1.23. The molecule has 19 heavy (non-hydrogen) atoms. The zero-order chi connectivity index (χ0) is 14.8. The van der Waals surface area contributed by atoms with E-state index >= 15 is 0 Å². The molecular weight excluding hydrogens is 250 g/mol. The minimum absolute atomic E-state index is 0.159. The van der Waals surface area contributed by atoms with Gasteiger partial charge in [0.05, 0.1) is 5.60 Å². The van der Waals surface area contributed by atoms with Gasteiger partial charge >= 0.3 is 5.69 Å². The van der Waals surface area contributed by atoms with Gasteiger partial charge in [0.15, 0.2) is 0 Å². The van der Waals surface area contributed by atoms with Gasteiger partial charge in [-0.05, 0) is 13.8 Å². The van der Waals surface area contributed by atoms with Crippen molar-refractivity contribution < 1.29 is 9.90 Å². The molecular formula is C12H19N3O4. The average molecular weight is 269 g/mol. The monoisotopic (exact) mass is 269 g/mol. The summed E-state index contributed by atoms with van der Waals surface area (Å²) < 4.78 is 2.09. The van der Waals surface area contributed by atoms with Crippen LogP contribution in [-0.2, 0) is 18.4 Å². The number of carbonyl (C=O) groups is 1. The van der Waals surface area contributed by atoms with Crippen molar-refractivity contribution >= 4 is 5.91 Å². The van der Waals surface area contributed by atoms with Crippen LogP contribution in [0.3, 0.4) is 0 Å². The maximum absolute atomic E-state index is 11.9. The molecule has 106 valence electrons. The van der Waals surface area contributed by atoms with Crippen LogP contribution in [0.1, 0.15) is 13.8 Å². The Balaban J connectivity index is 2.87. The molecule has 0 aliphatic rings. The number of nitrogens with zero attached hydrogens (tertiary/aromatic N) is 3. The fraction of sp³-hybridized carbons (Fsp3) is 0.583. The lowest BCUT2D eigenvalue weighted by molar-refractivity contribution is -0.133. The van der Waals surface area contributed by atoms with Crippen molar-refractivity contribution in [1.82, 2.24) is 14.0 Å². The molecule has 0 saturated carbocycles. The lowest BCUT2D eigenvalue weighted by Gasteiger charge is -2.25. The Bertz CT molecular complexity index is 580. The Morgan fingerprint density at radius 1 is 1.42 bits per heavy atom. The second-order valence-corrected chi connectivity index (χ2v) is 5.19. The molecule has 0 aliphatic carbocycles. The highest BCUT2D eigenvalue weighted by molar-refractivity contribution is 5.75. The van der Waals surface area contributed by atoms with Gasteiger partial charge in [-0.2, -0.15) is 0 Å². The van der Waals surface area contributed by atoms with Crippen LogP contribution in [0.15, 0.2) is 21.9 Å². The molecule has 0 aliphatic heterocycles. The van der Waals surface area contributed by atoms with Gasteiger partial charge in [0.25, 0.3) is 5.56 Å². The third-order valence-corrected chi connectivity index (χ3v) is 2.62. The van der Waals surface area contributed by atoms with Crippen molar-refractivity contribution in [3.63, 3.8) is 0 Å². The molecule has 1 N–H and O–H groups in total. The fourth-order valence-electron chi connectivity index (χ4n) is 1.67. The van der Waals surface area contributed by atoms with Gasteiger partial charge in [-0.1, -0.05) is 0 Å². The van der Waals surface area contributed by atoms with E-state index in [1.54, 1.807) is 20.9 Å². The minimum Gasteiger partial charge on any atom is -0.389 e. The molecule has 1 heterocycles. The molecule has 0 radical (unpaired) electrons. The summed E-state index contributed by atoms with van der Waals surface area (Å²) in [6.45, 7) is 3.18. The first kappa shape index (κ1) is 15.2. The average Bonchev–Trinajstić information content (AvgIpc) is 2.27. The van der Waals surface area contributed by atoms with E-state index in [2.05, 4.69) is 0 Å². The second-order valence-electron chi connectivity index (χ2n) is 5.19. The molecule has 1 aromatic heterocycles. The quantitative estimate of drug-likeness (QED) is 0.742. The van der Waals surface area contributed by atoms with Gasteiger partial charge in [0.2, 0.25) is 5.91 Å². The van der Waals surface area contributed by atoms with E-state index in [-0.39, 0.29) is 19.0 Å². The Hall–Kier alpha value is -1.89. The molecule has 0 atom stereocenters. The highest BCUT2D eigenvalue weighted by Crippen LogP contribution is 2.03. The van der Waals surface area contributed by atoms with E-state index in [4.69, 9.17) is 0 Å². The van der Waals surface area contributed by atoms with Crippen molar-refractivity contribution in [2.24, 2.45) is 7.05 Å². The van der Waals surface area contributed by atoms with Crippen molar-refractivity contribution in [3.8, 4) is 0 Å². The first-order valence-electron chi connectivity index (χ1n) is 5.84. The molecule has 7 heteroatoms. The number of carbonyl (C=O) groups excluding carboxylic acids is 1. The predicted molar refractivity (Wildman–Crippen MR) is 69.9 cm³/mol. The van der Waals surface area contributed by atoms with Crippen LogP contribution in [0.2, 0.25) is 0 Å². The summed E-state index contributed by atoms with van der Waals surface area (Å²) >= 11 is 0. The number of likely N-dealkylation sites (N-methyl/N-ethyl adjacent to an activating group) is 1. The Morgan fingerprint density at radius 3 is 2.53 bits per heavy atom. The van der Waals surface area contributed by atoms with Gasteiger partial charge in [0, 0.05) is 32.9 Å². The van der Waals surface area contributed by atoms with Gasteiger partial charge in [0.1, 0.15) is 6.54 Å². The summed E-state index contributed by atoms with van der Waals surface area (Å²) in [6.07, 6.45) is 1.29. The summed E-state index contributed by atoms with van der Waals surface area (Å²) in [5.74, 6) is -0.317. The molecule has 0 fully saturated rings. The molecule has 0 spiro atoms. The van der Waals surface area contributed by atoms with E-state index in [9.17, 15) is 19.5 Å². The number of rotatable bonds is 4. The van der Waals surface area contributed by atoms with Crippen LogP contribution < -0.4 is 11.2 Å². The topological polar surface area (TPSA) is 84.5 Å². The summed E-state index contributed by atoms with van der Waals surface area (Å²) in [4.78, 5) is 36.2. The van der Waals surface area contributed by atoms with Crippen molar-refractivity contribution in [1.29, 1.82) is 0 Å². The van der Waals surface area contributed by atoms with Crippen LogP contribution in [0.5, 0.6) is 0 Å². The van der Waals surface area contributed by atoms with E-state index in [1.807, 2.05) is 0 Å². The predicted octanol–water partition coefficient (Wildman–Crippen LogP) is -1.22. The Labute approximate surface area is 110 Å². The van der Waals surface area contributed by atoms with Crippen LogP contribution in [-0.4, -0.2) is 44.2 Å². The van der Waals surface area contributed by atoms with E-state index in [0.29, 0.717) is 0 Å². The van der Waals surface area contributed by atoms with Crippen molar-refractivity contribution in [2.45, 2.75) is 26.0 Å². The summed E-state index contributed by atoms with van der Waals surface area (Å²) in [7, 11) is 2.90. The standard InChI is InChI=1S/C12H19N3O4/c1-12(2,19)8-13(3)10(17)7-15-6-5-9(16)14(4)11(15)18/h5-6,19H,7-8H2,1-4H3. The molecule has 1 rings (SSSR count). The maximum atomic E-state index is 11.9. The molecule has 0 aromatic carbocycles. The van der Waals surface area contributed by atoms with Crippen molar-refractivity contribution in [3.05, 3.63) is 33.1 Å². The zero-order valence-corrected chi connectivity index (χ0v) is 11.6. The van der Waals surface area contributed by atoms with E-state index < -0.39 is 16.9 Å². The number of aliphatic hydroxyl groups is 1. The second kappa shape index (κ2) is 5.40. The molecule has 0 unspecified atom stereocenters. The first-order valence-corrected chi connectivity index (χ1v) is 5.84. The number of hydrogen-bond acceptors (Lipinski definition) is 4. The van der Waals surface area contributed by atoms with Crippen LogP contribution in [0, 0.1) is 0 Å². The van der Waals surface area contributed by atoms with E-state index in [1.165, 1.54) is 24.2 Å². The molecule has 1 aromatic rings. The van der Waals surface area contributed by atoms with Crippen LogP contribution in [0.25, 0.3) is 0 Å². The maximum Gasteiger partial charge on any atom is 0.331 e. The van der Waals surface area contributed by atoms with Crippen LogP contribution in [0.4, 0.5) is 0 Å². The van der Waals surface area contributed by atoms with Crippen molar-refractivity contribution in [2.75, 3.05) is 13.6 Å². The SMILES string of the molecule is CN(CC(C)(C)O)C(=O)Cn1ccc(=O)n(C)c1=O. The highest BCUT2D eigenvalue weighted by Gasteiger charge is 2.19.